The predicted molar refractivity (Wildman–Crippen MR) is 17.5 cm³/mol. The Hall–Kier alpha value is 1.67. The Morgan fingerprint density at radius 1 is 1.60 bits per heavy atom. The van der Waals surface area contributed by atoms with Crippen LogP contribution in [0.1, 0.15) is 0 Å². The molecule has 0 aromatic heterocycles. The zero-order chi connectivity index (χ0) is 4.50. The van der Waals surface area contributed by atoms with Gasteiger partial charge in [-0.2, -0.15) is 0 Å². The topological polar surface area (TPSA) is 0 Å². The van der Waals surface area contributed by atoms with Gasteiger partial charge in [0.1, 0.15) is 0 Å². The first kappa shape index (κ1) is 6.67. The summed E-state index contributed by atoms with van der Waals surface area (Å²) in [6, 6.07) is 0. The van der Waals surface area contributed by atoms with Crippen molar-refractivity contribution in [3.05, 3.63) is 0 Å². The average molecular weight is 303 g/mol. The first-order valence-electron chi connectivity index (χ1n) is 1.40. The Bertz CT molecular complexity index is 25.1. The van der Waals surface area contributed by atoms with Crippen molar-refractivity contribution in [1.82, 2.24) is 0 Å². The molecule has 0 spiro atoms. The normalized spacial score (nSPS) is 11.8. The van der Waals surface area contributed by atoms with Crippen LogP contribution in [0.3, 0.4) is 0 Å². The molecule has 0 atom stereocenters. The second-order valence-electron chi connectivity index (χ2n) is 1.38. The molecule has 0 aliphatic carbocycles. The van der Waals surface area contributed by atoms with Gasteiger partial charge in [0.2, 0.25) is 0 Å². The molecule has 3 heteroatoms. The maximum absolute atomic E-state index is 2.68. The molecule has 5 heavy (non-hydrogen) atoms. The van der Waals surface area contributed by atoms with Crippen molar-refractivity contribution in [2.24, 2.45) is 0 Å². The van der Waals surface area contributed by atoms with Gasteiger partial charge in [0.25, 0.3) is 0 Å². The summed E-state index contributed by atoms with van der Waals surface area (Å²) in [6.45, 7) is 4.60. The zero-order valence-corrected chi connectivity index (χ0v) is 8.03. The van der Waals surface area contributed by atoms with Crippen molar-refractivity contribution in [1.29, 1.82) is 0 Å². The molecule has 0 nitrogen and oxygen atoms in total. The summed E-state index contributed by atoms with van der Waals surface area (Å²) in [6.07, 6.45) is 0. The van der Waals surface area contributed by atoms with Crippen molar-refractivity contribution in [3.8, 4) is 0 Å². The quantitative estimate of drug-likeness (QED) is 0.580. The van der Waals surface area contributed by atoms with Crippen LogP contribution in [0.4, 0.5) is 0 Å². The van der Waals surface area contributed by atoms with Crippen LogP contribution in [0, 0.1) is 0 Å². The van der Waals surface area contributed by atoms with Crippen molar-refractivity contribution in [3.63, 3.8) is 0 Å². The molecule has 0 bridgehead atoms. The van der Waals surface area contributed by atoms with E-state index in [1.807, 2.05) is 0 Å². The van der Waals surface area contributed by atoms with Crippen molar-refractivity contribution in [2.75, 3.05) is 0 Å². The molecule has 0 rings (SSSR count). The fraction of sp³-hybridized carbons (Fsp3) is 1.00. The molecule has 0 aliphatic rings. The van der Waals surface area contributed by atoms with Gasteiger partial charge in [0.05, 0.1) is 0 Å². The second kappa shape index (κ2) is 2.10. The summed E-state index contributed by atoms with van der Waals surface area (Å²) in [7, 11) is 0. The van der Waals surface area contributed by atoms with Gasteiger partial charge in [-0.25, -0.2) is 0 Å². The molecular weight excluding hydrogens is 297 g/mol. The van der Waals surface area contributed by atoms with E-state index in [-0.39, 0.29) is 0 Å². The number of hydrogen-bond acceptors (Lipinski definition) is 0. The van der Waals surface area contributed by atoms with Gasteiger partial charge in [-0.05, 0) is 0 Å². The molecule has 33 valence electrons. The third-order valence-electron chi connectivity index (χ3n) is 0. The van der Waals surface area contributed by atoms with Crippen LogP contribution in [0.15, 0.2) is 0 Å². The molecule has 0 aliphatic heterocycles. The molecule has 0 saturated carbocycles. The Morgan fingerprint density at radius 2 is 1.60 bits per heavy atom. The van der Waals surface area contributed by atoms with Crippen molar-refractivity contribution >= 4 is 3.70 Å². The van der Waals surface area contributed by atoms with Gasteiger partial charge in [0, 0.05) is 0 Å². The van der Waals surface area contributed by atoms with Crippen molar-refractivity contribution in [2.45, 2.75) is 13.1 Å². The van der Waals surface area contributed by atoms with Crippen LogP contribution < -0.4 is 0 Å². The molecular formula is C2H6AuSiTi. The number of rotatable bonds is 0. The van der Waals surface area contributed by atoms with Crippen LogP contribution in [0.5, 0.6) is 0 Å². The summed E-state index contributed by atoms with van der Waals surface area (Å²) >= 11 is 4.98. The first-order chi connectivity index (χ1) is 2.00. The molecule has 0 amide bonds. The minimum atomic E-state index is -0.667. The van der Waals surface area contributed by atoms with Crippen LogP contribution in [0.2, 0.25) is 13.1 Å². The van der Waals surface area contributed by atoms with E-state index in [4.69, 9.17) is 0 Å². The van der Waals surface area contributed by atoms with Crippen molar-refractivity contribution < 1.29 is 40.0 Å². The fourth-order valence-corrected chi connectivity index (χ4v) is 0. The summed E-state index contributed by atoms with van der Waals surface area (Å²) in [5.74, 6) is 0. The maximum atomic E-state index is 2.68. The third kappa shape index (κ3) is 27.4. The monoisotopic (exact) mass is 303 g/mol. The van der Waals surface area contributed by atoms with Gasteiger partial charge < -0.3 is 0 Å². The Kier molecular flexibility index (Phi) is 2.81. The van der Waals surface area contributed by atoms with E-state index < -0.39 is 3.70 Å². The SMILES string of the molecule is C[Si](C)([Ti])[Au]. The molecule has 0 saturated heterocycles. The van der Waals surface area contributed by atoms with Crippen LogP contribution in [-0.4, -0.2) is 3.70 Å². The standard InChI is InChI=1S/C2H6Si.Au.Ti/c1-3-2;;/h1-2H3;;. The molecule has 0 unspecified atom stereocenters. The molecule has 0 fully saturated rings. The second-order valence-corrected chi connectivity index (χ2v) is 22.7. The van der Waals surface area contributed by atoms with E-state index in [1.165, 1.54) is 0 Å². The van der Waals surface area contributed by atoms with Crippen LogP contribution in [-0.2, 0) is 40.0 Å². The van der Waals surface area contributed by atoms with Crippen LogP contribution in [0.25, 0.3) is 0 Å². The molecule has 0 radical (unpaired) electrons. The molecule has 0 N–H and O–H groups in total. The minimum absolute atomic E-state index is 0.667. The predicted octanol–water partition coefficient (Wildman–Crippen LogP) is 0.782. The Labute approximate surface area is 56.4 Å². The Balaban J connectivity index is 3.02. The van der Waals surface area contributed by atoms with E-state index >= 15 is 0 Å². The van der Waals surface area contributed by atoms with E-state index in [2.05, 4.69) is 53.1 Å². The molecule has 0 aromatic carbocycles. The zero-order valence-electron chi connectivity index (χ0n) is 3.30. The summed E-state index contributed by atoms with van der Waals surface area (Å²) in [5, 5.41) is 0. The third-order valence-corrected chi connectivity index (χ3v) is 0. The van der Waals surface area contributed by atoms with Gasteiger partial charge in [-0.1, -0.05) is 0 Å². The van der Waals surface area contributed by atoms with Gasteiger partial charge in [-0.15, -0.1) is 0 Å². The van der Waals surface area contributed by atoms with Gasteiger partial charge in [-0.3, -0.25) is 0 Å². The van der Waals surface area contributed by atoms with E-state index in [0.717, 1.165) is 0 Å². The average Bonchev–Trinajstić information content (AvgIpc) is 0.722. The van der Waals surface area contributed by atoms with E-state index in [0.29, 0.717) is 0 Å². The van der Waals surface area contributed by atoms with Gasteiger partial charge >= 0.3 is 56.8 Å². The summed E-state index contributed by atoms with van der Waals surface area (Å²) < 4.78 is -0.667. The summed E-state index contributed by atoms with van der Waals surface area (Å²) in [4.78, 5) is 0. The molecule has 0 aromatic rings. The summed E-state index contributed by atoms with van der Waals surface area (Å²) in [5.41, 5.74) is 0. The fourth-order valence-electron chi connectivity index (χ4n) is 0. The van der Waals surface area contributed by atoms with Gasteiger partial charge in [0.15, 0.2) is 0 Å². The Morgan fingerprint density at radius 3 is 1.60 bits per heavy atom. The first-order valence-corrected chi connectivity index (χ1v) is 9.79. The van der Waals surface area contributed by atoms with Crippen LogP contribution >= 0.6 is 0 Å². The van der Waals surface area contributed by atoms with E-state index in [1.54, 1.807) is 0 Å². The van der Waals surface area contributed by atoms with E-state index in [9.17, 15) is 0 Å². The number of hydrogen-bond donors (Lipinski definition) is 0. The molecule has 0 heterocycles.